The van der Waals surface area contributed by atoms with Gasteiger partial charge in [-0.1, -0.05) is 13.8 Å². The molecule has 1 aliphatic heterocycles. The van der Waals surface area contributed by atoms with E-state index in [4.69, 9.17) is 5.11 Å². The first-order chi connectivity index (χ1) is 8.45. The van der Waals surface area contributed by atoms with Crippen molar-refractivity contribution in [1.82, 2.24) is 14.9 Å². The molecule has 1 aliphatic rings. The SMILES string of the molecule is CC(C)[C@@H](C(=O)O)N1C(=O)c2nccnc2C1=O. The molecule has 94 valence electrons. The van der Waals surface area contributed by atoms with Crippen LogP contribution in [-0.4, -0.2) is 43.8 Å². The molecule has 0 aromatic carbocycles. The van der Waals surface area contributed by atoms with Crippen LogP contribution in [0.2, 0.25) is 0 Å². The van der Waals surface area contributed by atoms with E-state index >= 15 is 0 Å². The number of imide groups is 1. The summed E-state index contributed by atoms with van der Waals surface area (Å²) >= 11 is 0. The lowest BCUT2D eigenvalue weighted by Crippen LogP contribution is -2.48. The van der Waals surface area contributed by atoms with Gasteiger partial charge in [-0.15, -0.1) is 0 Å². The maximum Gasteiger partial charge on any atom is 0.327 e. The van der Waals surface area contributed by atoms with Gasteiger partial charge in [-0.2, -0.15) is 0 Å². The number of aromatic nitrogens is 2. The van der Waals surface area contributed by atoms with Crippen LogP contribution in [0.3, 0.4) is 0 Å². The van der Waals surface area contributed by atoms with Crippen molar-refractivity contribution >= 4 is 17.8 Å². The van der Waals surface area contributed by atoms with Gasteiger partial charge in [-0.25, -0.2) is 14.8 Å². The van der Waals surface area contributed by atoms with E-state index in [1.165, 1.54) is 12.4 Å². The van der Waals surface area contributed by atoms with Gasteiger partial charge in [0.15, 0.2) is 11.4 Å². The summed E-state index contributed by atoms with van der Waals surface area (Å²) in [6.07, 6.45) is 2.58. The molecule has 2 amide bonds. The predicted octanol–water partition coefficient (Wildman–Crippen LogP) is 0.182. The van der Waals surface area contributed by atoms with Crippen LogP contribution in [0.15, 0.2) is 12.4 Å². The fourth-order valence-corrected chi connectivity index (χ4v) is 1.92. The summed E-state index contributed by atoms with van der Waals surface area (Å²) in [7, 11) is 0. The Morgan fingerprint density at radius 2 is 1.61 bits per heavy atom. The predicted molar refractivity (Wildman–Crippen MR) is 58.8 cm³/mol. The van der Waals surface area contributed by atoms with E-state index in [1.54, 1.807) is 13.8 Å². The second-order valence-corrected chi connectivity index (χ2v) is 4.26. The zero-order valence-corrected chi connectivity index (χ0v) is 9.82. The minimum absolute atomic E-state index is 0.0885. The summed E-state index contributed by atoms with van der Waals surface area (Å²) in [5.41, 5.74) is -0.177. The molecule has 0 saturated carbocycles. The Kier molecular flexibility index (Phi) is 2.82. The topological polar surface area (TPSA) is 100 Å². The third-order valence-electron chi connectivity index (χ3n) is 2.70. The Hall–Kier alpha value is -2.31. The second-order valence-electron chi connectivity index (χ2n) is 4.26. The molecule has 0 unspecified atom stereocenters. The molecule has 18 heavy (non-hydrogen) atoms. The van der Waals surface area contributed by atoms with Crippen molar-refractivity contribution in [2.24, 2.45) is 5.92 Å². The van der Waals surface area contributed by atoms with Gasteiger partial charge in [0.2, 0.25) is 0 Å². The molecule has 7 nitrogen and oxygen atoms in total. The van der Waals surface area contributed by atoms with Gasteiger partial charge in [-0.05, 0) is 5.92 Å². The first kappa shape index (κ1) is 12.2. The standard InChI is InChI=1S/C11H11N3O4/c1-5(2)8(11(17)18)14-9(15)6-7(10(14)16)13-4-3-12-6/h3-5,8H,1-2H3,(H,17,18)/t8-/m0/s1. The van der Waals surface area contributed by atoms with Crippen LogP contribution in [0, 0.1) is 5.92 Å². The van der Waals surface area contributed by atoms with Gasteiger partial charge in [0, 0.05) is 12.4 Å². The molecule has 1 atom stereocenters. The molecular weight excluding hydrogens is 238 g/mol. The van der Waals surface area contributed by atoms with Crippen molar-refractivity contribution in [2.75, 3.05) is 0 Å². The van der Waals surface area contributed by atoms with Gasteiger partial charge in [-0.3, -0.25) is 14.5 Å². The van der Waals surface area contributed by atoms with Gasteiger partial charge < -0.3 is 5.11 Å². The van der Waals surface area contributed by atoms with E-state index in [2.05, 4.69) is 9.97 Å². The number of rotatable bonds is 3. The minimum atomic E-state index is -1.22. The third-order valence-corrected chi connectivity index (χ3v) is 2.70. The third kappa shape index (κ3) is 1.64. The zero-order valence-electron chi connectivity index (χ0n) is 9.82. The Labute approximate surface area is 102 Å². The van der Waals surface area contributed by atoms with Crippen LogP contribution in [0.25, 0.3) is 0 Å². The van der Waals surface area contributed by atoms with Gasteiger partial charge >= 0.3 is 5.97 Å². The van der Waals surface area contributed by atoms with E-state index in [9.17, 15) is 14.4 Å². The largest absolute Gasteiger partial charge is 0.480 e. The molecule has 0 saturated heterocycles. The summed E-state index contributed by atoms with van der Waals surface area (Å²) in [5, 5.41) is 9.13. The molecule has 7 heteroatoms. The van der Waals surface area contributed by atoms with Crippen LogP contribution in [0.1, 0.15) is 34.8 Å². The normalized spacial score (nSPS) is 16.1. The molecule has 1 aromatic heterocycles. The van der Waals surface area contributed by atoms with E-state index < -0.39 is 29.7 Å². The van der Waals surface area contributed by atoms with E-state index in [0.717, 1.165) is 4.90 Å². The Morgan fingerprint density at radius 3 is 1.94 bits per heavy atom. The van der Waals surface area contributed by atoms with Crippen LogP contribution >= 0.6 is 0 Å². The maximum atomic E-state index is 12.0. The fraction of sp³-hybridized carbons (Fsp3) is 0.364. The number of nitrogens with zero attached hydrogens (tertiary/aromatic N) is 3. The highest BCUT2D eigenvalue weighted by atomic mass is 16.4. The van der Waals surface area contributed by atoms with Crippen molar-refractivity contribution in [1.29, 1.82) is 0 Å². The molecular formula is C11H11N3O4. The molecule has 1 N–H and O–H groups in total. The molecule has 2 heterocycles. The molecule has 0 fully saturated rings. The Morgan fingerprint density at radius 1 is 1.17 bits per heavy atom. The first-order valence-electron chi connectivity index (χ1n) is 5.37. The van der Waals surface area contributed by atoms with Crippen LogP contribution < -0.4 is 0 Å². The lowest BCUT2D eigenvalue weighted by molar-refractivity contribution is -0.143. The quantitative estimate of drug-likeness (QED) is 0.767. The number of carbonyl (C=O) groups is 3. The summed E-state index contributed by atoms with van der Waals surface area (Å²) in [6.45, 7) is 3.26. The van der Waals surface area contributed by atoms with E-state index in [0.29, 0.717) is 0 Å². The van der Waals surface area contributed by atoms with Gasteiger partial charge in [0.05, 0.1) is 0 Å². The average molecular weight is 249 g/mol. The summed E-state index contributed by atoms with van der Waals surface area (Å²) in [6, 6.07) is -1.21. The monoisotopic (exact) mass is 249 g/mol. The van der Waals surface area contributed by atoms with Crippen molar-refractivity contribution in [3.63, 3.8) is 0 Å². The van der Waals surface area contributed by atoms with Crippen LogP contribution in [-0.2, 0) is 4.79 Å². The van der Waals surface area contributed by atoms with Crippen molar-refractivity contribution < 1.29 is 19.5 Å². The lowest BCUT2D eigenvalue weighted by atomic mass is 10.0. The molecule has 2 rings (SSSR count). The number of carboxylic acids is 1. The number of amides is 2. The van der Waals surface area contributed by atoms with Crippen LogP contribution in [0.5, 0.6) is 0 Å². The van der Waals surface area contributed by atoms with Crippen molar-refractivity contribution in [3.05, 3.63) is 23.8 Å². The number of hydrogen-bond donors (Lipinski definition) is 1. The molecule has 1 aromatic rings. The highest BCUT2D eigenvalue weighted by molar-refractivity contribution is 6.20. The Bertz CT molecular complexity index is 506. The smallest absolute Gasteiger partial charge is 0.327 e. The number of hydrogen-bond acceptors (Lipinski definition) is 5. The number of carbonyl (C=O) groups excluding carboxylic acids is 2. The molecule has 0 aliphatic carbocycles. The number of carboxylic acid groups (broad SMARTS) is 1. The highest BCUT2D eigenvalue weighted by Gasteiger charge is 2.45. The van der Waals surface area contributed by atoms with Gasteiger partial charge in [0.25, 0.3) is 11.8 Å². The lowest BCUT2D eigenvalue weighted by Gasteiger charge is -2.24. The second kappa shape index (κ2) is 4.17. The van der Waals surface area contributed by atoms with Crippen molar-refractivity contribution in [2.45, 2.75) is 19.9 Å². The molecule has 0 bridgehead atoms. The summed E-state index contributed by atoms with van der Waals surface area (Å²) < 4.78 is 0. The average Bonchev–Trinajstić information content (AvgIpc) is 2.55. The maximum absolute atomic E-state index is 12.0. The van der Waals surface area contributed by atoms with Crippen LogP contribution in [0.4, 0.5) is 0 Å². The minimum Gasteiger partial charge on any atom is -0.480 e. The Balaban J connectivity index is 2.47. The number of fused-ring (bicyclic) bond motifs is 1. The van der Waals surface area contributed by atoms with Gasteiger partial charge in [0.1, 0.15) is 6.04 Å². The fourth-order valence-electron chi connectivity index (χ4n) is 1.92. The van der Waals surface area contributed by atoms with E-state index in [-0.39, 0.29) is 11.4 Å². The van der Waals surface area contributed by atoms with E-state index in [1.807, 2.05) is 0 Å². The highest BCUT2D eigenvalue weighted by Crippen LogP contribution is 2.24. The summed E-state index contributed by atoms with van der Waals surface area (Å²) in [5.74, 6) is -3.03. The summed E-state index contributed by atoms with van der Waals surface area (Å²) in [4.78, 5) is 43.4. The number of aliphatic carboxylic acids is 1. The first-order valence-corrected chi connectivity index (χ1v) is 5.37. The van der Waals surface area contributed by atoms with Crippen molar-refractivity contribution in [3.8, 4) is 0 Å². The molecule has 0 spiro atoms. The molecule has 0 radical (unpaired) electrons. The zero-order chi connectivity index (χ0) is 13.4.